The Morgan fingerprint density at radius 1 is 0.356 bits per heavy atom. The number of fused-ring (bicyclic) bond motifs is 2. The standard InChI is InChI=1S/C44H33N/c1-32-20-30-39(31-21-32)45-42-18-10-8-16-40(42)44(41-17-9-11-19-43(41)45,37-26-22-35(23-27-37)33-12-4-2-5-13-33)38-28-24-36(25-29-38)34-14-6-3-7-15-34/h2-31H,1H3. The molecule has 0 spiro atoms. The lowest BCUT2D eigenvalue weighted by atomic mass is 9.62. The summed E-state index contributed by atoms with van der Waals surface area (Å²) >= 11 is 0. The summed E-state index contributed by atoms with van der Waals surface area (Å²) in [6.45, 7) is 2.14. The molecule has 1 heteroatoms. The van der Waals surface area contributed by atoms with Crippen molar-refractivity contribution >= 4 is 17.1 Å². The number of hydrogen-bond donors (Lipinski definition) is 0. The second-order valence-electron chi connectivity index (χ2n) is 11.8. The van der Waals surface area contributed by atoms with Crippen LogP contribution in [-0.4, -0.2) is 0 Å². The molecule has 0 unspecified atom stereocenters. The summed E-state index contributed by atoms with van der Waals surface area (Å²) in [4.78, 5) is 2.43. The molecule has 0 saturated heterocycles. The fourth-order valence-corrected chi connectivity index (χ4v) is 7.09. The predicted octanol–water partition coefficient (Wildman–Crippen LogP) is 11.5. The molecular formula is C44H33N. The summed E-state index contributed by atoms with van der Waals surface area (Å²) < 4.78 is 0. The molecule has 0 atom stereocenters. The predicted molar refractivity (Wildman–Crippen MR) is 189 cm³/mol. The summed E-state index contributed by atoms with van der Waals surface area (Å²) in [6.07, 6.45) is 0. The Hall–Kier alpha value is -5.66. The Kier molecular flexibility index (Phi) is 6.65. The average molecular weight is 576 g/mol. The highest BCUT2D eigenvalue weighted by atomic mass is 15.2. The molecule has 0 saturated carbocycles. The Labute approximate surface area is 265 Å². The van der Waals surface area contributed by atoms with E-state index in [-0.39, 0.29) is 0 Å². The molecule has 7 aromatic carbocycles. The number of para-hydroxylation sites is 2. The van der Waals surface area contributed by atoms with Crippen LogP contribution in [0.5, 0.6) is 0 Å². The molecule has 0 aliphatic carbocycles. The van der Waals surface area contributed by atoms with E-state index < -0.39 is 5.41 Å². The van der Waals surface area contributed by atoms with E-state index in [0.717, 1.165) is 5.69 Å². The van der Waals surface area contributed by atoms with E-state index >= 15 is 0 Å². The molecule has 214 valence electrons. The Balaban J connectivity index is 1.40. The van der Waals surface area contributed by atoms with E-state index in [9.17, 15) is 0 Å². The number of hydrogen-bond acceptors (Lipinski definition) is 1. The van der Waals surface area contributed by atoms with Crippen molar-refractivity contribution in [3.05, 3.63) is 210 Å². The van der Waals surface area contributed by atoms with Crippen molar-refractivity contribution in [2.45, 2.75) is 12.3 Å². The highest BCUT2D eigenvalue weighted by Gasteiger charge is 2.46. The lowest BCUT2D eigenvalue weighted by Crippen LogP contribution is -2.37. The second kappa shape index (κ2) is 11.1. The van der Waals surface area contributed by atoms with Crippen molar-refractivity contribution in [2.75, 3.05) is 4.90 Å². The van der Waals surface area contributed by atoms with Crippen molar-refractivity contribution in [2.24, 2.45) is 0 Å². The normalized spacial score (nSPS) is 13.1. The molecule has 0 N–H and O–H groups in total. The quantitative estimate of drug-likeness (QED) is 0.197. The van der Waals surface area contributed by atoms with E-state index in [1.807, 2.05) is 0 Å². The van der Waals surface area contributed by atoms with Gasteiger partial charge in [-0.25, -0.2) is 0 Å². The van der Waals surface area contributed by atoms with Crippen molar-refractivity contribution in [1.29, 1.82) is 0 Å². The van der Waals surface area contributed by atoms with Crippen LogP contribution >= 0.6 is 0 Å². The van der Waals surface area contributed by atoms with Crippen LogP contribution in [0.3, 0.4) is 0 Å². The zero-order chi connectivity index (χ0) is 30.2. The van der Waals surface area contributed by atoms with Gasteiger partial charge >= 0.3 is 0 Å². The molecular weight excluding hydrogens is 542 g/mol. The minimum atomic E-state index is -0.529. The van der Waals surface area contributed by atoms with Crippen molar-refractivity contribution in [3.63, 3.8) is 0 Å². The minimum Gasteiger partial charge on any atom is -0.310 e. The number of benzene rings is 7. The van der Waals surface area contributed by atoms with Gasteiger partial charge in [0.1, 0.15) is 0 Å². The van der Waals surface area contributed by atoms with Crippen LogP contribution in [0.1, 0.15) is 27.8 Å². The zero-order valence-corrected chi connectivity index (χ0v) is 25.3. The molecule has 1 aliphatic heterocycles. The Morgan fingerprint density at radius 3 is 1.18 bits per heavy atom. The maximum atomic E-state index is 2.43. The second-order valence-corrected chi connectivity index (χ2v) is 11.8. The summed E-state index contributed by atoms with van der Waals surface area (Å²) in [6, 6.07) is 66.5. The molecule has 0 aromatic heterocycles. The number of anilines is 3. The van der Waals surface area contributed by atoms with Gasteiger partial charge in [0.25, 0.3) is 0 Å². The van der Waals surface area contributed by atoms with Gasteiger partial charge in [0.15, 0.2) is 0 Å². The van der Waals surface area contributed by atoms with E-state index in [0.29, 0.717) is 0 Å². The third-order valence-electron chi connectivity index (χ3n) is 9.24. The first-order valence-corrected chi connectivity index (χ1v) is 15.6. The summed E-state index contributed by atoms with van der Waals surface area (Å²) in [5.41, 5.74) is 14.2. The van der Waals surface area contributed by atoms with E-state index in [1.54, 1.807) is 0 Å². The maximum absolute atomic E-state index is 2.43. The van der Waals surface area contributed by atoms with Gasteiger partial charge in [0.2, 0.25) is 0 Å². The van der Waals surface area contributed by atoms with Gasteiger partial charge in [0.05, 0.1) is 16.8 Å². The molecule has 0 amide bonds. The van der Waals surface area contributed by atoms with Crippen LogP contribution in [0.15, 0.2) is 182 Å². The van der Waals surface area contributed by atoms with Gasteiger partial charge < -0.3 is 4.90 Å². The summed E-state index contributed by atoms with van der Waals surface area (Å²) in [5, 5.41) is 0. The third-order valence-corrected chi connectivity index (χ3v) is 9.24. The molecule has 0 fully saturated rings. The number of nitrogens with zero attached hydrogens (tertiary/aromatic N) is 1. The summed E-state index contributed by atoms with van der Waals surface area (Å²) in [7, 11) is 0. The molecule has 8 rings (SSSR count). The van der Waals surface area contributed by atoms with Crippen molar-refractivity contribution in [3.8, 4) is 22.3 Å². The minimum absolute atomic E-state index is 0.529. The van der Waals surface area contributed by atoms with Crippen molar-refractivity contribution < 1.29 is 0 Å². The largest absolute Gasteiger partial charge is 0.310 e. The third kappa shape index (κ3) is 4.48. The van der Waals surface area contributed by atoms with Crippen LogP contribution < -0.4 is 4.90 Å². The molecule has 7 aromatic rings. The molecule has 0 bridgehead atoms. The van der Waals surface area contributed by atoms with Gasteiger partial charge in [-0.15, -0.1) is 0 Å². The molecule has 1 heterocycles. The van der Waals surface area contributed by atoms with Crippen LogP contribution in [0, 0.1) is 6.92 Å². The van der Waals surface area contributed by atoms with Crippen LogP contribution in [-0.2, 0) is 5.41 Å². The van der Waals surface area contributed by atoms with Crippen molar-refractivity contribution in [1.82, 2.24) is 0 Å². The molecule has 1 nitrogen and oxygen atoms in total. The fourth-order valence-electron chi connectivity index (χ4n) is 7.09. The van der Waals surface area contributed by atoms with Crippen LogP contribution in [0.2, 0.25) is 0 Å². The summed E-state index contributed by atoms with van der Waals surface area (Å²) in [5.74, 6) is 0. The average Bonchev–Trinajstić information content (AvgIpc) is 3.12. The van der Waals surface area contributed by atoms with Crippen LogP contribution in [0.25, 0.3) is 22.3 Å². The van der Waals surface area contributed by atoms with Gasteiger partial charge in [0, 0.05) is 5.69 Å². The lowest BCUT2D eigenvalue weighted by Gasteiger charge is -2.46. The first kappa shape index (κ1) is 26.9. The van der Waals surface area contributed by atoms with Gasteiger partial charge in [-0.05, 0) is 75.7 Å². The SMILES string of the molecule is Cc1ccc(N2c3ccccc3C(c3ccc(-c4ccccc4)cc3)(c3ccc(-c4ccccc4)cc3)c3ccccc32)cc1. The zero-order valence-electron chi connectivity index (χ0n) is 25.3. The first-order chi connectivity index (χ1) is 22.2. The molecule has 1 aliphatic rings. The smallest absolute Gasteiger partial charge is 0.0742 e. The molecule has 0 radical (unpaired) electrons. The highest BCUT2D eigenvalue weighted by Crippen LogP contribution is 2.57. The van der Waals surface area contributed by atoms with Gasteiger partial charge in [-0.3, -0.25) is 0 Å². The first-order valence-electron chi connectivity index (χ1n) is 15.6. The van der Waals surface area contributed by atoms with Crippen LogP contribution in [0.4, 0.5) is 17.1 Å². The molecule has 45 heavy (non-hydrogen) atoms. The maximum Gasteiger partial charge on any atom is 0.0742 e. The highest BCUT2D eigenvalue weighted by molar-refractivity contribution is 5.89. The number of rotatable bonds is 5. The van der Waals surface area contributed by atoms with E-state index in [4.69, 9.17) is 0 Å². The fraction of sp³-hybridized carbons (Fsp3) is 0.0455. The monoisotopic (exact) mass is 575 g/mol. The lowest BCUT2D eigenvalue weighted by molar-refractivity contribution is 0.731. The number of aryl methyl sites for hydroxylation is 1. The Morgan fingerprint density at radius 2 is 0.733 bits per heavy atom. The Bertz CT molecular complexity index is 1940. The van der Waals surface area contributed by atoms with Gasteiger partial charge in [-0.1, -0.05) is 163 Å². The van der Waals surface area contributed by atoms with Gasteiger partial charge in [-0.2, -0.15) is 0 Å². The topological polar surface area (TPSA) is 3.24 Å². The van der Waals surface area contributed by atoms with E-state index in [1.165, 1.54) is 61.4 Å². The van der Waals surface area contributed by atoms with E-state index in [2.05, 4.69) is 194 Å².